The predicted octanol–water partition coefficient (Wildman–Crippen LogP) is 3.61. The molecule has 4 heteroatoms. The SMILES string of the molecule is Cc1cncc2cccc(OC3CCC(N)CC3)c12.Cl. The molecule has 0 unspecified atom stereocenters. The van der Waals surface area contributed by atoms with Crippen molar-refractivity contribution in [2.45, 2.75) is 44.8 Å². The van der Waals surface area contributed by atoms with E-state index in [-0.39, 0.29) is 12.4 Å². The molecule has 3 nitrogen and oxygen atoms in total. The van der Waals surface area contributed by atoms with Gasteiger partial charge in [0.2, 0.25) is 0 Å². The third-order valence-corrected chi connectivity index (χ3v) is 3.95. The summed E-state index contributed by atoms with van der Waals surface area (Å²) in [5, 5.41) is 2.33. The summed E-state index contributed by atoms with van der Waals surface area (Å²) in [7, 11) is 0. The molecular formula is C16H21ClN2O. The zero-order valence-corrected chi connectivity index (χ0v) is 12.5. The first-order valence-corrected chi connectivity index (χ1v) is 6.99. The predicted molar refractivity (Wildman–Crippen MR) is 84.6 cm³/mol. The fourth-order valence-corrected chi connectivity index (χ4v) is 2.86. The highest BCUT2D eigenvalue weighted by Gasteiger charge is 2.20. The van der Waals surface area contributed by atoms with Crippen molar-refractivity contribution < 1.29 is 4.74 Å². The van der Waals surface area contributed by atoms with Crippen LogP contribution < -0.4 is 10.5 Å². The number of nitrogens with zero attached hydrogens (tertiary/aromatic N) is 1. The third-order valence-electron chi connectivity index (χ3n) is 3.95. The molecule has 2 aromatic rings. The number of pyridine rings is 1. The van der Waals surface area contributed by atoms with Gasteiger partial charge in [-0.15, -0.1) is 12.4 Å². The van der Waals surface area contributed by atoms with E-state index in [2.05, 4.69) is 24.0 Å². The van der Waals surface area contributed by atoms with Crippen molar-refractivity contribution in [3.8, 4) is 5.75 Å². The molecule has 1 heterocycles. The molecule has 0 aliphatic heterocycles. The minimum Gasteiger partial charge on any atom is -0.490 e. The Kier molecular flexibility index (Phi) is 4.84. The molecule has 0 atom stereocenters. The zero-order valence-electron chi connectivity index (χ0n) is 11.7. The quantitative estimate of drug-likeness (QED) is 0.920. The molecule has 0 saturated heterocycles. The third kappa shape index (κ3) is 3.05. The van der Waals surface area contributed by atoms with E-state index < -0.39 is 0 Å². The second-order valence-corrected chi connectivity index (χ2v) is 5.47. The van der Waals surface area contributed by atoms with Crippen LogP contribution in [0.4, 0.5) is 0 Å². The summed E-state index contributed by atoms with van der Waals surface area (Å²) in [6.45, 7) is 2.08. The van der Waals surface area contributed by atoms with Gasteiger partial charge in [0, 0.05) is 29.2 Å². The van der Waals surface area contributed by atoms with Crippen molar-refractivity contribution in [1.29, 1.82) is 0 Å². The molecule has 1 aliphatic rings. The van der Waals surface area contributed by atoms with E-state index >= 15 is 0 Å². The van der Waals surface area contributed by atoms with Crippen molar-refractivity contribution in [2.24, 2.45) is 5.73 Å². The Hall–Kier alpha value is -1.32. The average molecular weight is 293 g/mol. The van der Waals surface area contributed by atoms with Crippen LogP contribution in [-0.2, 0) is 0 Å². The van der Waals surface area contributed by atoms with Gasteiger partial charge >= 0.3 is 0 Å². The van der Waals surface area contributed by atoms with Crippen LogP contribution in [0.25, 0.3) is 10.8 Å². The van der Waals surface area contributed by atoms with Crippen molar-refractivity contribution in [3.63, 3.8) is 0 Å². The van der Waals surface area contributed by atoms with Crippen LogP contribution >= 0.6 is 12.4 Å². The van der Waals surface area contributed by atoms with E-state index in [1.54, 1.807) is 0 Å². The molecule has 1 aromatic carbocycles. The number of hydrogen-bond acceptors (Lipinski definition) is 3. The van der Waals surface area contributed by atoms with Gasteiger partial charge in [-0.1, -0.05) is 12.1 Å². The molecule has 0 spiro atoms. The lowest BCUT2D eigenvalue weighted by Gasteiger charge is -2.27. The van der Waals surface area contributed by atoms with Gasteiger partial charge in [0.15, 0.2) is 0 Å². The van der Waals surface area contributed by atoms with Crippen LogP contribution in [0.1, 0.15) is 31.2 Å². The van der Waals surface area contributed by atoms with Crippen LogP contribution in [0.15, 0.2) is 30.6 Å². The van der Waals surface area contributed by atoms with Gasteiger partial charge in [-0.3, -0.25) is 4.98 Å². The number of nitrogens with two attached hydrogens (primary N) is 1. The second-order valence-electron chi connectivity index (χ2n) is 5.47. The maximum atomic E-state index is 6.21. The Labute approximate surface area is 125 Å². The first-order valence-electron chi connectivity index (χ1n) is 6.99. The standard InChI is InChI=1S/C16H20N2O.ClH/c1-11-9-18-10-12-3-2-4-15(16(11)12)19-14-7-5-13(17)6-8-14;/h2-4,9-10,13-14H,5-8,17H2,1H3;1H. The monoisotopic (exact) mass is 292 g/mol. The number of aryl methyl sites for hydroxylation is 1. The number of fused-ring (bicyclic) bond motifs is 1. The van der Waals surface area contributed by atoms with E-state index in [9.17, 15) is 0 Å². The maximum Gasteiger partial charge on any atom is 0.127 e. The summed E-state index contributed by atoms with van der Waals surface area (Å²) >= 11 is 0. The largest absolute Gasteiger partial charge is 0.490 e. The summed E-state index contributed by atoms with van der Waals surface area (Å²) in [6, 6.07) is 6.54. The Morgan fingerprint density at radius 3 is 2.65 bits per heavy atom. The lowest BCUT2D eigenvalue weighted by atomic mass is 9.93. The fraction of sp³-hybridized carbons (Fsp3) is 0.438. The van der Waals surface area contributed by atoms with E-state index in [1.807, 2.05) is 18.5 Å². The summed E-state index contributed by atoms with van der Waals surface area (Å²) in [5.41, 5.74) is 7.11. The van der Waals surface area contributed by atoms with Crippen molar-refractivity contribution in [1.82, 2.24) is 4.98 Å². The summed E-state index contributed by atoms with van der Waals surface area (Å²) in [5.74, 6) is 0.984. The Bertz CT molecular complexity index is 574. The molecular weight excluding hydrogens is 272 g/mol. The molecule has 0 amide bonds. The lowest BCUT2D eigenvalue weighted by molar-refractivity contribution is 0.149. The number of aromatic nitrogens is 1. The molecule has 108 valence electrons. The van der Waals surface area contributed by atoms with Crippen molar-refractivity contribution >= 4 is 23.2 Å². The van der Waals surface area contributed by atoms with E-state index in [0.717, 1.165) is 36.8 Å². The Morgan fingerprint density at radius 1 is 1.15 bits per heavy atom. The zero-order chi connectivity index (χ0) is 13.2. The first kappa shape index (κ1) is 15.1. The van der Waals surface area contributed by atoms with Gasteiger partial charge in [0.1, 0.15) is 5.75 Å². The number of hydrogen-bond donors (Lipinski definition) is 1. The smallest absolute Gasteiger partial charge is 0.127 e. The van der Waals surface area contributed by atoms with Gasteiger partial charge in [-0.25, -0.2) is 0 Å². The topological polar surface area (TPSA) is 48.1 Å². The number of halogens is 1. The lowest BCUT2D eigenvalue weighted by Crippen LogP contribution is -2.31. The van der Waals surface area contributed by atoms with Crippen molar-refractivity contribution in [2.75, 3.05) is 0 Å². The van der Waals surface area contributed by atoms with Crippen molar-refractivity contribution in [3.05, 3.63) is 36.2 Å². The van der Waals surface area contributed by atoms with Gasteiger partial charge in [0.05, 0.1) is 6.10 Å². The molecule has 0 radical (unpaired) electrons. The maximum absolute atomic E-state index is 6.21. The number of benzene rings is 1. The molecule has 1 saturated carbocycles. The van der Waals surface area contributed by atoms with Crippen LogP contribution in [-0.4, -0.2) is 17.1 Å². The minimum absolute atomic E-state index is 0. The highest BCUT2D eigenvalue weighted by atomic mass is 35.5. The molecule has 20 heavy (non-hydrogen) atoms. The van der Waals surface area contributed by atoms with Gasteiger partial charge in [-0.05, 0) is 44.2 Å². The van der Waals surface area contributed by atoms with Gasteiger partial charge in [0.25, 0.3) is 0 Å². The van der Waals surface area contributed by atoms with Gasteiger partial charge < -0.3 is 10.5 Å². The molecule has 1 aromatic heterocycles. The summed E-state index contributed by atoms with van der Waals surface area (Å²) in [6.07, 6.45) is 8.34. The minimum atomic E-state index is 0. The van der Waals surface area contributed by atoms with Gasteiger partial charge in [-0.2, -0.15) is 0 Å². The second kappa shape index (κ2) is 6.42. The molecule has 1 aliphatic carbocycles. The fourth-order valence-electron chi connectivity index (χ4n) is 2.86. The Morgan fingerprint density at radius 2 is 1.90 bits per heavy atom. The number of rotatable bonds is 2. The summed E-state index contributed by atoms with van der Waals surface area (Å²) < 4.78 is 6.21. The van der Waals surface area contributed by atoms with Crippen LogP contribution in [0.3, 0.4) is 0 Å². The van der Waals surface area contributed by atoms with Crippen LogP contribution in [0.2, 0.25) is 0 Å². The highest BCUT2D eigenvalue weighted by molar-refractivity contribution is 5.90. The molecule has 2 N–H and O–H groups in total. The summed E-state index contributed by atoms with van der Waals surface area (Å²) in [4.78, 5) is 4.24. The Balaban J connectivity index is 0.00000147. The highest BCUT2D eigenvalue weighted by Crippen LogP contribution is 2.31. The van der Waals surface area contributed by atoms with E-state index in [1.165, 1.54) is 10.9 Å². The van der Waals surface area contributed by atoms with E-state index in [0.29, 0.717) is 12.1 Å². The first-order chi connectivity index (χ1) is 9.24. The number of ether oxygens (including phenoxy) is 1. The van der Waals surface area contributed by atoms with Crippen LogP contribution in [0, 0.1) is 6.92 Å². The molecule has 3 rings (SSSR count). The van der Waals surface area contributed by atoms with Crippen LogP contribution in [0.5, 0.6) is 5.75 Å². The normalized spacial score (nSPS) is 22.3. The van der Waals surface area contributed by atoms with E-state index in [4.69, 9.17) is 10.5 Å². The molecule has 1 fully saturated rings. The molecule has 0 bridgehead atoms. The average Bonchev–Trinajstić information content (AvgIpc) is 2.42.